The van der Waals surface area contributed by atoms with Gasteiger partial charge in [0.15, 0.2) is 0 Å². The van der Waals surface area contributed by atoms with Gasteiger partial charge in [-0.3, -0.25) is 9.59 Å². The number of methoxy groups -OCH3 is 1. The number of ether oxygens (including phenoxy) is 1. The Morgan fingerprint density at radius 2 is 2.30 bits per heavy atom. The third-order valence-electron chi connectivity index (χ3n) is 3.71. The number of carbonyl (C=O) groups is 2. The summed E-state index contributed by atoms with van der Waals surface area (Å²) in [7, 11) is 1.44. The average Bonchev–Trinajstić information content (AvgIpc) is 2.80. The fourth-order valence-electron chi connectivity index (χ4n) is 2.30. The molecule has 0 aliphatic heterocycles. The van der Waals surface area contributed by atoms with Crippen LogP contribution >= 0.6 is 0 Å². The van der Waals surface area contributed by atoms with Gasteiger partial charge in [-0.05, 0) is 31.4 Å². The van der Waals surface area contributed by atoms with Gasteiger partial charge in [-0.1, -0.05) is 0 Å². The van der Waals surface area contributed by atoms with Gasteiger partial charge in [-0.2, -0.15) is 0 Å². The number of aromatic nitrogens is 1. The molecule has 1 aliphatic rings. The third kappa shape index (κ3) is 3.39. The van der Waals surface area contributed by atoms with Crippen LogP contribution in [0.5, 0.6) is 0 Å². The van der Waals surface area contributed by atoms with E-state index in [1.54, 1.807) is 6.07 Å². The van der Waals surface area contributed by atoms with Crippen LogP contribution in [-0.2, 0) is 9.53 Å². The summed E-state index contributed by atoms with van der Waals surface area (Å²) in [5, 5.41) is 11.5. The van der Waals surface area contributed by atoms with Crippen molar-refractivity contribution in [3.8, 4) is 0 Å². The molecule has 1 amide bonds. The normalized spacial score (nSPS) is 16.4. The number of carboxylic acid groups (broad SMARTS) is 1. The lowest BCUT2D eigenvalue weighted by Crippen LogP contribution is -2.36. The van der Waals surface area contributed by atoms with Crippen LogP contribution in [0.25, 0.3) is 0 Å². The van der Waals surface area contributed by atoms with E-state index >= 15 is 0 Å². The lowest BCUT2D eigenvalue weighted by molar-refractivity contribution is -0.139. The van der Waals surface area contributed by atoms with Crippen LogP contribution in [0.3, 0.4) is 0 Å². The molecule has 1 unspecified atom stereocenters. The second kappa shape index (κ2) is 6.56. The van der Waals surface area contributed by atoms with Gasteiger partial charge < -0.3 is 19.7 Å². The smallest absolute Gasteiger partial charge is 0.306 e. The molecule has 1 aromatic heterocycles. The number of hydrogen-bond donors (Lipinski definition) is 2. The molecule has 1 atom stereocenters. The van der Waals surface area contributed by atoms with E-state index in [0.717, 1.165) is 12.8 Å². The van der Waals surface area contributed by atoms with Gasteiger partial charge in [0.2, 0.25) is 0 Å². The zero-order valence-corrected chi connectivity index (χ0v) is 11.5. The number of amides is 1. The molecule has 110 valence electrons. The second-order valence-corrected chi connectivity index (χ2v) is 5.05. The summed E-state index contributed by atoms with van der Waals surface area (Å²) < 4.78 is 7.03. The molecule has 2 N–H and O–H groups in total. The van der Waals surface area contributed by atoms with Gasteiger partial charge >= 0.3 is 5.97 Å². The molecular weight excluding hydrogens is 260 g/mol. The lowest BCUT2D eigenvalue weighted by atomic mass is 9.93. The quantitative estimate of drug-likeness (QED) is 0.792. The first-order valence-electron chi connectivity index (χ1n) is 6.81. The monoisotopic (exact) mass is 280 g/mol. The zero-order chi connectivity index (χ0) is 14.5. The first kappa shape index (κ1) is 14.6. The van der Waals surface area contributed by atoms with Crippen LogP contribution in [0.4, 0.5) is 0 Å². The molecule has 0 radical (unpaired) electrons. The highest BCUT2D eigenvalue weighted by molar-refractivity contribution is 5.92. The van der Waals surface area contributed by atoms with Crippen LogP contribution < -0.4 is 5.32 Å². The van der Waals surface area contributed by atoms with Crippen molar-refractivity contribution in [1.29, 1.82) is 0 Å². The van der Waals surface area contributed by atoms with E-state index in [1.165, 1.54) is 13.5 Å². The number of nitrogens with zero attached hydrogens (tertiary/aromatic N) is 1. The molecule has 2 rings (SSSR count). The minimum atomic E-state index is -0.941. The summed E-state index contributed by atoms with van der Waals surface area (Å²) in [6.45, 7) is 0.192. The lowest BCUT2D eigenvalue weighted by Gasteiger charge is -2.28. The molecule has 0 aromatic carbocycles. The summed E-state index contributed by atoms with van der Waals surface area (Å²) in [5.74, 6) is -1.13. The Morgan fingerprint density at radius 1 is 1.55 bits per heavy atom. The van der Waals surface area contributed by atoms with E-state index in [2.05, 4.69) is 5.32 Å². The van der Waals surface area contributed by atoms with Crippen molar-refractivity contribution >= 4 is 11.9 Å². The number of carbonyl (C=O) groups excluding carboxylic acids is 1. The number of carboxylic acids is 1. The van der Waals surface area contributed by atoms with Crippen molar-refractivity contribution in [2.75, 3.05) is 13.7 Å². The van der Waals surface area contributed by atoms with Crippen molar-refractivity contribution in [3.05, 3.63) is 24.0 Å². The molecule has 1 heterocycles. The Bertz CT molecular complexity index is 479. The van der Waals surface area contributed by atoms with Crippen LogP contribution in [0.2, 0.25) is 0 Å². The van der Waals surface area contributed by atoms with Crippen LogP contribution in [0, 0.1) is 0 Å². The standard InChI is InChI=1S/C14H20N2O4/c1-20-11(8-13(17)18)9-15-14(19)12-6-3-7-16(12)10-4-2-5-10/h3,6-7,10-11H,2,4-5,8-9H2,1H3,(H,15,19)(H,17,18). The number of aliphatic carboxylic acids is 1. The molecule has 0 bridgehead atoms. The molecule has 1 aliphatic carbocycles. The van der Waals surface area contributed by atoms with E-state index < -0.39 is 12.1 Å². The topological polar surface area (TPSA) is 80.6 Å². The van der Waals surface area contributed by atoms with Crippen molar-refractivity contribution in [1.82, 2.24) is 9.88 Å². The molecule has 0 spiro atoms. The van der Waals surface area contributed by atoms with Gasteiger partial charge in [0.25, 0.3) is 5.91 Å². The Morgan fingerprint density at radius 3 is 2.85 bits per heavy atom. The van der Waals surface area contributed by atoms with Gasteiger partial charge in [0, 0.05) is 25.9 Å². The van der Waals surface area contributed by atoms with Gasteiger partial charge in [0.05, 0.1) is 12.5 Å². The molecule has 6 heteroatoms. The molecule has 1 saturated carbocycles. The summed E-state index contributed by atoms with van der Waals surface area (Å²) in [6.07, 6.45) is 4.70. The first-order chi connectivity index (χ1) is 9.61. The van der Waals surface area contributed by atoms with Crippen molar-refractivity contribution in [2.45, 2.75) is 37.8 Å². The Kier molecular flexibility index (Phi) is 4.79. The second-order valence-electron chi connectivity index (χ2n) is 5.05. The van der Waals surface area contributed by atoms with E-state index in [1.807, 2.05) is 16.8 Å². The highest BCUT2D eigenvalue weighted by Crippen LogP contribution is 2.32. The van der Waals surface area contributed by atoms with E-state index in [4.69, 9.17) is 9.84 Å². The highest BCUT2D eigenvalue weighted by Gasteiger charge is 2.23. The maximum absolute atomic E-state index is 12.1. The molecule has 1 fully saturated rings. The zero-order valence-electron chi connectivity index (χ0n) is 11.5. The van der Waals surface area contributed by atoms with Crippen LogP contribution in [-0.4, -0.2) is 41.3 Å². The highest BCUT2D eigenvalue weighted by atomic mass is 16.5. The van der Waals surface area contributed by atoms with E-state index in [9.17, 15) is 9.59 Å². The Labute approximate surface area is 117 Å². The van der Waals surface area contributed by atoms with E-state index in [-0.39, 0.29) is 18.9 Å². The molecule has 0 saturated heterocycles. The fourth-order valence-corrected chi connectivity index (χ4v) is 2.30. The first-order valence-corrected chi connectivity index (χ1v) is 6.81. The van der Waals surface area contributed by atoms with Crippen LogP contribution in [0.15, 0.2) is 18.3 Å². The SMILES string of the molecule is COC(CNC(=O)c1cccn1C1CCC1)CC(=O)O. The number of rotatable bonds is 7. The summed E-state index contributed by atoms with van der Waals surface area (Å²) in [5.41, 5.74) is 0.625. The van der Waals surface area contributed by atoms with Crippen molar-refractivity contribution < 1.29 is 19.4 Å². The van der Waals surface area contributed by atoms with Crippen LogP contribution in [0.1, 0.15) is 42.2 Å². The van der Waals surface area contributed by atoms with Gasteiger partial charge in [-0.15, -0.1) is 0 Å². The predicted molar refractivity (Wildman–Crippen MR) is 72.7 cm³/mol. The van der Waals surface area contributed by atoms with Crippen molar-refractivity contribution in [3.63, 3.8) is 0 Å². The fraction of sp³-hybridized carbons (Fsp3) is 0.571. The minimum Gasteiger partial charge on any atom is -0.481 e. The molecular formula is C14H20N2O4. The third-order valence-corrected chi connectivity index (χ3v) is 3.71. The molecule has 1 aromatic rings. The predicted octanol–water partition coefficient (Wildman–Crippen LogP) is 1.43. The Hall–Kier alpha value is -1.82. The molecule has 6 nitrogen and oxygen atoms in total. The Balaban J connectivity index is 1.91. The summed E-state index contributed by atoms with van der Waals surface area (Å²) >= 11 is 0. The maximum Gasteiger partial charge on any atom is 0.306 e. The maximum atomic E-state index is 12.1. The number of hydrogen-bond acceptors (Lipinski definition) is 3. The summed E-state index contributed by atoms with van der Waals surface area (Å²) in [4.78, 5) is 22.8. The number of nitrogens with one attached hydrogen (secondary N) is 1. The van der Waals surface area contributed by atoms with Gasteiger partial charge in [-0.25, -0.2) is 0 Å². The molecule has 20 heavy (non-hydrogen) atoms. The average molecular weight is 280 g/mol. The van der Waals surface area contributed by atoms with Gasteiger partial charge in [0.1, 0.15) is 5.69 Å². The summed E-state index contributed by atoms with van der Waals surface area (Å²) in [6, 6.07) is 4.06. The minimum absolute atomic E-state index is 0.125. The largest absolute Gasteiger partial charge is 0.481 e. The van der Waals surface area contributed by atoms with E-state index in [0.29, 0.717) is 11.7 Å². The van der Waals surface area contributed by atoms with Crippen molar-refractivity contribution in [2.24, 2.45) is 0 Å².